The minimum absolute atomic E-state index is 0.00893. The molecule has 1 saturated heterocycles. The second-order valence-electron chi connectivity index (χ2n) is 13.4. The van der Waals surface area contributed by atoms with Crippen LogP contribution in [0.4, 0.5) is 24.8 Å². The molecule has 4 atom stereocenters. The zero-order valence-electron chi connectivity index (χ0n) is 28.4. The molecular weight excluding hydrogens is 633 g/mol. The SMILES string of the molecule is COc1cc(C(=O)NC2CCN(C)CC2)c(C)cc1Nc1ncc(C(F)(F)F)c(CC(C)C(C)C2CCCCC2N(C)S(C)(=O)=O)n1. The molecule has 10 nitrogen and oxygen atoms in total. The number of ether oxygens (including phenoxy) is 1. The number of carbonyl (C=O) groups excluding carboxylic acids is 1. The molecule has 2 heterocycles. The molecule has 1 saturated carbocycles. The Morgan fingerprint density at radius 2 is 1.81 bits per heavy atom. The molecule has 2 N–H and O–H groups in total. The van der Waals surface area contributed by atoms with Crippen LogP contribution in [0.15, 0.2) is 18.3 Å². The van der Waals surface area contributed by atoms with E-state index in [4.69, 9.17) is 4.74 Å². The lowest BCUT2D eigenvalue weighted by Gasteiger charge is -2.41. The van der Waals surface area contributed by atoms with Gasteiger partial charge in [0.1, 0.15) is 5.75 Å². The summed E-state index contributed by atoms with van der Waals surface area (Å²) in [5, 5.41) is 6.12. The van der Waals surface area contributed by atoms with Crippen LogP contribution in [0.5, 0.6) is 5.75 Å². The number of hydrogen-bond donors (Lipinski definition) is 2. The van der Waals surface area contributed by atoms with Crippen LogP contribution in [0.2, 0.25) is 0 Å². The van der Waals surface area contributed by atoms with Crippen molar-refractivity contribution < 1.29 is 31.1 Å². The van der Waals surface area contributed by atoms with Crippen LogP contribution in [-0.2, 0) is 22.6 Å². The maximum absolute atomic E-state index is 14.2. The summed E-state index contributed by atoms with van der Waals surface area (Å²) in [5.41, 5.74) is 0.490. The zero-order chi connectivity index (χ0) is 34.7. The maximum Gasteiger partial charge on any atom is 0.419 e. The van der Waals surface area contributed by atoms with Gasteiger partial charge in [-0.1, -0.05) is 26.7 Å². The molecule has 4 rings (SSSR count). The van der Waals surface area contributed by atoms with Crippen LogP contribution in [-0.4, -0.2) is 86.1 Å². The summed E-state index contributed by atoms with van der Waals surface area (Å²) in [5.74, 6) is -0.184. The maximum atomic E-state index is 14.2. The Bertz CT molecular complexity index is 1510. The van der Waals surface area contributed by atoms with Crippen molar-refractivity contribution in [2.24, 2.45) is 17.8 Å². The number of likely N-dealkylation sites (tertiary alicyclic amines) is 1. The van der Waals surface area contributed by atoms with Crippen molar-refractivity contribution in [2.75, 3.05) is 45.9 Å². The summed E-state index contributed by atoms with van der Waals surface area (Å²) in [6.07, 6.45) is 2.48. The highest BCUT2D eigenvalue weighted by Gasteiger charge is 2.39. The van der Waals surface area contributed by atoms with Gasteiger partial charge in [0.2, 0.25) is 16.0 Å². The number of amides is 1. The van der Waals surface area contributed by atoms with E-state index in [1.165, 1.54) is 17.7 Å². The lowest BCUT2D eigenvalue weighted by atomic mass is 9.71. The number of rotatable bonds is 11. The number of halogens is 3. The first-order valence-corrected chi connectivity index (χ1v) is 18.2. The number of alkyl halides is 3. The predicted molar refractivity (Wildman–Crippen MR) is 176 cm³/mol. The molecule has 1 amide bonds. The van der Waals surface area contributed by atoms with Gasteiger partial charge in [-0.25, -0.2) is 22.7 Å². The minimum Gasteiger partial charge on any atom is -0.495 e. The molecule has 2 aliphatic rings. The zero-order valence-corrected chi connectivity index (χ0v) is 29.3. The molecule has 0 bridgehead atoms. The number of piperidine rings is 1. The average Bonchev–Trinajstić information content (AvgIpc) is 3.00. The van der Waals surface area contributed by atoms with E-state index in [0.717, 1.165) is 57.8 Å². The number of sulfonamides is 1. The molecule has 0 spiro atoms. The van der Waals surface area contributed by atoms with Crippen LogP contribution in [0, 0.1) is 24.7 Å². The third kappa shape index (κ3) is 9.14. The fraction of sp³-hybridized carbons (Fsp3) is 0.667. The molecule has 4 unspecified atom stereocenters. The Morgan fingerprint density at radius 1 is 1.15 bits per heavy atom. The summed E-state index contributed by atoms with van der Waals surface area (Å²) < 4.78 is 74.2. The highest BCUT2D eigenvalue weighted by Crippen LogP contribution is 2.40. The number of hydrogen-bond acceptors (Lipinski definition) is 8. The van der Waals surface area contributed by atoms with Crippen molar-refractivity contribution >= 4 is 27.6 Å². The van der Waals surface area contributed by atoms with Crippen LogP contribution in [0.3, 0.4) is 0 Å². The Hall–Kier alpha value is -2.97. The number of anilines is 2. The van der Waals surface area contributed by atoms with Crippen molar-refractivity contribution in [3.05, 3.63) is 40.7 Å². The second-order valence-corrected chi connectivity index (χ2v) is 15.5. The normalized spacial score (nSPS) is 21.3. The highest BCUT2D eigenvalue weighted by atomic mass is 32.2. The first-order chi connectivity index (χ1) is 22.0. The molecule has 47 heavy (non-hydrogen) atoms. The van der Waals surface area contributed by atoms with Gasteiger partial charge >= 0.3 is 6.18 Å². The van der Waals surface area contributed by atoms with E-state index >= 15 is 0 Å². The number of carbonyl (C=O) groups is 1. The molecule has 2 fully saturated rings. The van der Waals surface area contributed by atoms with Gasteiger partial charge in [-0.3, -0.25) is 4.79 Å². The summed E-state index contributed by atoms with van der Waals surface area (Å²) in [7, 11) is 1.68. The van der Waals surface area contributed by atoms with Gasteiger partial charge in [0, 0.05) is 30.9 Å². The monoisotopic (exact) mass is 682 g/mol. The number of nitrogens with zero attached hydrogens (tertiary/aromatic N) is 4. The van der Waals surface area contributed by atoms with Crippen molar-refractivity contribution in [1.29, 1.82) is 0 Å². The molecule has 0 radical (unpaired) electrons. The number of nitrogens with one attached hydrogen (secondary N) is 2. The summed E-state index contributed by atoms with van der Waals surface area (Å²) in [6, 6.07) is 3.20. The van der Waals surface area contributed by atoms with Gasteiger partial charge < -0.3 is 20.3 Å². The molecule has 1 aromatic heterocycles. The van der Waals surface area contributed by atoms with Gasteiger partial charge in [0.25, 0.3) is 5.91 Å². The Balaban J connectivity index is 1.56. The van der Waals surface area contributed by atoms with E-state index in [9.17, 15) is 26.4 Å². The van der Waals surface area contributed by atoms with Gasteiger partial charge in [-0.2, -0.15) is 13.2 Å². The largest absolute Gasteiger partial charge is 0.495 e. The fourth-order valence-corrected chi connectivity index (χ4v) is 7.72. The summed E-state index contributed by atoms with van der Waals surface area (Å²) in [6.45, 7) is 7.49. The Morgan fingerprint density at radius 3 is 2.43 bits per heavy atom. The third-order valence-electron chi connectivity index (χ3n) is 10.1. The van der Waals surface area contributed by atoms with E-state index < -0.39 is 21.8 Å². The van der Waals surface area contributed by atoms with Crippen molar-refractivity contribution in [3.63, 3.8) is 0 Å². The van der Waals surface area contributed by atoms with Gasteiger partial charge in [-0.05, 0) is 94.6 Å². The smallest absolute Gasteiger partial charge is 0.419 e. The van der Waals surface area contributed by atoms with E-state index in [1.54, 1.807) is 26.1 Å². The molecule has 2 aromatic rings. The van der Waals surface area contributed by atoms with E-state index in [1.807, 2.05) is 13.8 Å². The van der Waals surface area contributed by atoms with Crippen LogP contribution in [0.1, 0.15) is 79.6 Å². The van der Waals surface area contributed by atoms with Crippen LogP contribution in [0.25, 0.3) is 0 Å². The van der Waals surface area contributed by atoms with Gasteiger partial charge in [0.05, 0.1) is 30.3 Å². The predicted octanol–water partition coefficient (Wildman–Crippen LogP) is 5.64. The minimum atomic E-state index is -4.66. The lowest BCUT2D eigenvalue weighted by Crippen LogP contribution is -2.46. The third-order valence-corrected chi connectivity index (χ3v) is 11.4. The average molecular weight is 683 g/mol. The van der Waals surface area contributed by atoms with Gasteiger partial charge in [0.15, 0.2) is 0 Å². The quantitative estimate of drug-likeness (QED) is 0.313. The van der Waals surface area contributed by atoms with Crippen molar-refractivity contribution in [2.45, 2.75) is 84.0 Å². The number of methoxy groups -OCH3 is 1. The fourth-order valence-electron chi connectivity index (χ4n) is 6.97. The molecular formula is C33H49F3N6O4S. The molecule has 14 heteroatoms. The topological polar surface area (TPSA) is 117 Å². The van der Waals surface area contributed by atoms with E-state index in [0.29, 0.717) is 22.6 Å². The standard InChI is InChI=1S/C33H49F3N6O4S/c1-20(22(3)24-10-8-9-11-29(24)42(5)47(7,44)45)16-27-26(33(34,35)36)19-37-32(39-27)40-28-17-21(2)25(18-30(28)46-6)31(43)38-23-12-14-41(4)15-13-23/h17-20,22-24,29H,8-16H2,1-7H3,(H,38,43)(H,37,39,40). The van der Waals surface area contributed by atoms with E-state index in [-0.39, 0.29) is 53.8 Å². The number of aryl methyl sites for hydroxylation is 1. The van der Waals surface area contributed by atoms with Crippen molar-refractivity contribution in [1.82, 2.24) is 24.5 Å². The second kappa shape index (κ2) is 15.1. The number of benzene rings is 1. The lowest BCUT2D eigenvalue weighted by molar-refractivity contribution is -0.138. The Kier molecular flexibility index (Phi) is 11.8. The van der Waals surface area contributed by atoms with Crippen molar-refractivity contribution in [3.8, 4) is 5.75 Å². The Labute approximate surface area is 276 Å². The molecule has 1 aliphatic heterocycles. The number of aromatic nitrogens is 2. The molecule has 1 aromatic carbocycles. The van der Waals surface area contributed by atoms with Crippen LogP contribution < -0.4 is 15.4 Å². The first kappa shape index (κ1) is 36.9. The first-order valence-electron chi connectivity index (χ1n) is 16.3. The molecule has 1 aliphatic carbocycles. The van der Waals surface area contributed by atoms with E-state index in [2.05, 4.69) is 32.5 Å². The van der Waals surface area contributed by atoms with Crippen LogP contribution >= 0.6 is 0 Å². The summed E-state index contributed by atoms with van der Waals surface area (Å²) >= 11 is 0. The summed E-state index contributed by atoms with van der Waals surface area (Å²) in [4.78, 5) is 23.7. The van der Waals surface area contributed by atoms with Gasteiger partial charge in [-0.15, -0.1) is 0 Å². The highest BCUT2D eigenvalue weighted by molar-refractivity contribution is 7.88. The molecule has 262 valence electrons.